The van der Waals surface area contributed by atoms with Gasteiger partial charge in [0, 0.05) is 19.6 Å². The molecule has 3 heterocycles. The maximum atomic E-state index is 13.0. The van der Waals surface area contributed by atoms with Crippen molar-refractivity contribution >= 4 is 23.2 Å². The topological polar surface area (TPSA) is 56.5 Å². The lowest BCUT2D eigenvalue weighted by Gasteiger charge is -2.28. The van der Waals surface area contributed by atoms with Crippen molar-refractivity contribution in [3.63, 3.8) is 0 Å². The van der Waals surface area contributed by atoms with Gasteiger partial charge in [-0.25, -0.2) is 4.68 Å². The highest BCUT2D eigenvalue weighted by atomic mass is 35.5. The average molecular weight is 374 g/mol. The van der Waals surface area contributed by atoms with Crippen molar-refractivity contribution in [2.45, 2.75) is 32.4 Å². The molecule has 0 atom stereocenters. The molecule has 0 spiro atoms. The molecule has 0 aliphatic carbocycles. The van der Waals surface area contributed by atoms with Gasteiger partial charge in [-0.3, -0.25) is 14.3 Å². The number of ether oxygens (including phenoxy) is 1. The van der Waals surface area contributed by atoms with Crippen LogP contribution in [0.15, 0.2) is 35.6 Å². The zero-order valence-electron chi connectivity index (χ0n) is 14.4. The fourth-order valence-corrected chi connectivity index (χ4v) is 4.00. The van der Waals surface area contributed by atoms with Gasteiger partial charge < -0.3 is 9.64 Å². The molecule has 0 bridgehead atoms. The molecule has 0 fully saturated rings. The second-order valence-electron chi connectivity index (χ2n) is 6.54. The fourth-order valence-electron chi connectivity index (χ4n) is 3.63. The number of rotatable bonds is 3. The van der Waals surface area contributed by atoms with E-state index in [1.165, 1.54) is 0 Å². The van der Waals surface area contributed by atoms with Gasteiger partial charge in [0.2, 0.25) is 0 Å². The van der Waals surface area contributed by atoms with Crippen LogP contribution in [0.4, 0.5) is 5.69 Å². The van der Waals surface area contributed by atoms with E-state index in [4.69, 9.17) is 16.3 Å². The quantitative estimate of drug-likeness (QED) is 0.777. The third-order valence-corrected chi connectivity index (χ3v) is 5.30. The summed E-state index contributed by atoms with van der Waals surface area (Å²) in [6.07, 6.45) is 4.74. The van der Waals surface area contributed by atoms with E-state index >= 15 is 0 Å². The zero-order valence-corrected chi connectivity index (χ0v) is 15.2. The van der Waals surface area contributed by atoms with E-state index in [-0.39, 0.29) is 18.1 Å². The lowest BCUT2D eigenvalue weighted by atomic mass is 10.1. The number of carbonyl (C=O) groups excluding carboxylic acids is 1. The first-order valence-electron chi connectivity index (χ1n) is 8.79. The molecule has 1 aromatic heterocycles. The van der Waals surface area contributed by atoms with E-state index in [9.17, 15) is 9.59 Å². The predicted octanol–water partition coefficient (Wildman–Crippen LogP) is 3.07. The van der Waals surface area contributed by atoms with Crippen LogP contribution in [-0.4, -0.2) is 28.4 Å². The maximum Gasteiger partial charge on any atom is 0.276 e. The Kier molecular flexibility index (Phi) is 4.36. The lowest BCUT2D eigenvalue weighted by Crippen LogP contribution is -2.38. The summed E-state index contributed by atoms with van der Waals surface area (Å²) < 4.78 is 9.11. The summed E-state index contributed by atoms with van der Waals surface area (Å²) in [5.74, 6) is 0.484. The van der Waals surface area contributed by atoms with Crippen LogP contribution in [0.25, 0.3) is 11.1 Å². The number of benzene rings is 1. The number of nitrogens with zero attached hydrogens (tertiary/aromatic N) is 3. The summed E-state index contributed by atoms with van der Waals surface area (Å²) >= 11 is 6.58. The SMILES string of the molecule is C=CCN1C(=O)COc2ccc(-c3c(Cl)n4n(c3=O)CCCCC4)cc21. The molecule has 2 aliphatic rings. The highest BCUT2D eigenvalue weighted by Crippen LogP contribution is 2.37. The molecule has 26 heavy (non-hydrogen) atoms. The van der Waals surface area contributed by atoms with Crippen LogP contribution in [0, 0.1) is 0 Å². The second-order valence-corrected chi connectivity index (χ2v) is 6.90. The number of hydrogen-bond donors (Lipinski definition) is 0. The smallest absolute Gasteiger partial charge is 0.276 e. The largest absolute Gasteiger partial charge is 0.482 e. The molecule has 1 aromatic carbocycles. The van der Waals surface area contributed by atoms with Crippen LogP contribution in [0.3, 0.4) is 0 Å². The molecule has 0 saturated heterocycles. The van der Waals surface area contributed by atoms with Crippen LogP contribution in [0.2, 0.25) is 5.15 Å². The zero-order chi connectivity index (χ0) is 18.3. The molecule has 4 rings (SSSR count). The van der Waals surface area contributed by atoms with Crippen LogP contribution < -0.4 is 15.2 Å². The Balaban J connectivity index is 1.84. The third-order valence-electron chi connectivity index (χ3n) is 4.91. The lowest BCUT2D eigenvalue weighted by molar-refractivity contribution is -0.121. The monoisotopic (exact) mass is 373 g/mol. The molecular formula is C19H20ClN3O3. The molecule has 2 aromatic rings. The van der Waals surface area contributed by atoms with Crippen molar-refractivity contribution in [2.75, 3.05) is 18.1 Å². The first kappa shape index (κ1) is 17.0. The number of aromatic nitrogens is 2. The fraction of sp³-hybridized carbons (Fsp3) is 0.368. The Morgan fingerprint density at radius 3 is 2.69 bits per heavy atom. The Bertz CT molecular complexity index is 944. The Labute approximate surface area is 156 Å². The van der Waals surface area contributed by atoms with E-state index in [1.807, 2.05) is 10.7 Å². The summed E-state index contributed by atoms with van der Waals surface area (Å²) in [4.78, 5) is 26.8. The van der Waals surface area contributed by atoms with Gasteiger partial charge in [0.25, 0.3) is 11.5 Å². The van der Waals surface area contributed by atoms with E-state index < -0.39 is 0 Å². The molecule has 6 nitrogen and oxygen atoms in total. The molecule has 0 saturated carbocycles. The third kappa shape index (κ3) is 2.65. The second kappa shape index (κ2) is 6.68. The van der Waals surface area contributed by atoms with Crippen LogP contribution in [0.1, 0.15) is 19.3 Å². The van der Waals surface area contributed by atoms with Gasteiger partial charge in [-0.2, -0.15) is 0 Å². The summed E-state index contributed by atoms with van der Waals surface area (Å²) in [5, 5.41) is 0.454. The van der Waals surface area contributed by atoms with Gasteiger partial charge in [-0.05, 0) is 37.0 Å². The van der Waals surface area contributed by atoms with Crippen molar-refractivity contribution < 1.29 is 9.53 Å². The minimum absolute atomic E-state index is 0.00409. The Morgan fingerprint density at radius 2 is 1.92 bits per heavy atom. The number of carbonyl (C=O) groups is 1. The van der Waals surface area contributed by atoms with E-state index in [0.29, 0.717) is 40.8 Å². The highest BCUT2D eigenvalue weighted by molar-refractivity contribution is 6.32. The van der Waals surface area contributed by atoms with Crippen molar-refractivity contribution in [3.8, 4) is 16.9 Å². The van der Waals surface area contributed by atoms with E-state index in [1.54, 1.807) is 27.8 Å². The first-order valence-corrected chi connectivity index (χ1v) is 9.17. The number of amides is 1. The van der Waals surface area contributed by atoms with E-state index in [0.717, 1.165) is 25.8 Å². The van der Waals surface area contributed by atoms with Gasteiger partial charge >= 0.3 is 0 Å². The number of hydrogen-bond acceptors (Lipinski definition) is 3. The molecule has 0 N–H and O–H groups in total. The highest BCUT2D eigenvalue weighted by Gasteiger charge is 2.27. The molecule has 1 amide bonds. The minimum Gasteiger partial charge on any atom is -0.482 e. The van der Waals surface area contributed by atoms with Gasteiger partial charge in [0.1, 0.15) is 10.9 Å². The summed E-state index contributed by atoms with van der Waals surface area (Å²) in [7, 11) is 0. The van der Waals surface area contributed by atoms with Gasteiger partial charge in [0.05, 0.1) is 11.3 Å². The van der Waals surface area contributed by atoms with E-state index in [2.05, 4.69) is 6.58 Å². The van der Waals surface area contributed by atoms with Crippen molar-refractivity contribution in [3.05, 3.63) is 46.4 Å². The number of anilines is 1. The summed E-state index contributed by atoms with van der Waals surface area (Å²) in [6.45, 7) is 5.52. The minimum atomic E-state index is -0.134. The van der Waals surface area contributed by atoms with Gasteiger partial charge in [-0.15, -0.1) is 6.58 Å². The number of fused-ring (bicyclic) bond motifs is 2. The summed E-state index contributed by atoms with van der Waals surface area (Å²) in [6, 6.07) is 5.42. The molecule has 136 valence electrons. The van der Waals surface area contributed by atoms with Crippen LogP contribution in [-0.2, 0) is 17.9 Å². The molecule has 2 aliphatic heterocycles. The molecular weight excluding hydrogens is 354 g/mol. The average Bonchev–Trinajstić information content (AvgIpc) is 2.82. The Morgan fingerprint density at radius 1 is 1.15 bits per heavy atom. The Hall–Kier alpha value is -2.47. The molecule has 7 heteroatoms. The standard InChI is InChI=1S/C19H20ClN3O3/c1-2-8-21-14-11-13(6-7-15(14)26-12-16(21)24)17-18(20)22-9-4-3-5-10-23(22)19(17)25/h2,6-7,11H,1,3-5,8-10,12H2. The van der Waals surface area contributed by atoms with Gasteiger partial charge in [0.15, 0.2) is 6.61 Å². The van der Waals surface area contributed by atoms with Crippen molar-refractivity contribution in [1.82, 2.24) is 9.36 Å². The predicted molar refractivity (Wildman–Crippen MR) is 101 cm³/mol. The maximum absolute atomic E-state index is 13.0. The van der Waals surface area contributed by atoms with Crippen molar-refractivity contribution in [2.24, 2.45) is 0 Å². The van der Waals surface area contributed by atoms with Crippen LogP contribution >= 0.6 is 11.6 Å². The van der Waals surface area contributed by atoms with Gasteiger partial charge in [-0.1, -0.05) is 23.7 Å². The molecule has 0 unspecified atom stereocenters. The van der Waals surface area contributed by atoms with Crippen LogP contribution in [0.5, 0.6) is 5.75 Å². The normalized spacial score (nSPS) is 16.5. The summed E-state index contributed by atoms with van der Waals surface area (Å²) in [5.41, 5.74) is 1.72. The first-order chi connectivity index (χ1) is 12.6. The van der Waals surface area contributed by atoms with Crippen molar-refractivity contribution in [1.29, 1.82) is 0 Å². The molecule has 0 radical (unpaired) electrons. The number of halogens is 1.